The van der Waals surface area contributed by atoms with Gasteiger partial charge in [-0.2, -0.15) is 0 Å². The third kappa shape index (κ3) is 2.51. The van der Waals surface area contributed by atoms with E-state index >= 15 is 0 Å². The smallest absolute Gasteiger partial charge is 0.262 e. The Kier molecular flexibility index (Phi) is 3.17. The molecule has 1 saturated carbocycles. The lowest BCUT2D eigenvalue weighted by Crippen LogP contribution is -2.33. The Morgan fingerprint density at radius 3 is 2.90 bits per heavy atom. The van der Waals surface area contributed by atoms with Crippen LogP contribution in [0.4, 0.5) is 17.1 Å². The summed E-state index contributed by atoms with van der Waals surface area (Å²) in [6.07, 6.45) is 3.73. The molecule has 1 aliphatic carbocycles. The molecule has 0 bridgehead atoms. The van der Waals surface area contributed by atoms with Gasteiger partial charge in [0, 0.05) is 12.6 Å². The molecule has 0 saturated heterocycles. The van der Waals surface area contributed by atoms with E-state index in [9.17, 15) is 9.90 Å². The molecule has 0 unspecified atom stereocenters. The van der Waals surface area contributed by atoms with Gasteiger partial charge >= 0.3 is 0 Å². The molecule has 0 radical (unpaired) electrons. The van der Waals surface area contributed by atoms with E-state index in [1.807, 2.05) is 0 Å². The van der Waals surface area contributed by atoms with Crippen molar-refractivity contribution >= 4 is 23.0 Å². The van der Waals surface area contributed by atoms with Gasteiger partial charge in [-0.15, -0.1) is 0 Å². The fourth-order valence-corrected chi connectivity index (χ4v) is 2.76. The van der Waals surface area contributed by atoms with E-state index in [2.05, 4.69) is 10.6 Å². The molecule has 0 spiro atoms. The van der Waals surface area contributed by atoms with Crippen LogP contribution >= 0.6 is 0 Å². The largest absolute Gasteiger partial charge is 0.482 e. The molecule has 1 aliphatic heterocycles. The lowest BCUT2D eigenvalue weighted by atomic mass is 10.0. The highest BCUT2D eigenvalue weighted by Crippen LogP contribution is 2.36. The van der Waals surface area contributed by atoms with Gasteiger partial charge in [-0.1, -0.05) is 12.8 Å². The van der Waals surface area contributed by atoms with E-state index in [1.165, 1.54) is 0 Å². The maximum absolute atomic E-state index is 11.3. The Labute approximate surface area is 117 Å². The monoisotopic (exact) mass is 277 g/mol. The number of rotatable bonds is 3. The van der Waals surface area contributed by atoms with Gasteiger partial charge in [0.05, 0.1) is 22.7 Å². The Morgan fingerprint density at radius 1 is 1.40 bits per heavy atom. The van der Waals surface area contributed by atoms with Crippen LogP contribution in [0.1, 0.15) is 25.7 Å². The minimum Gasteiger partial charge on any atom is -0.482 e. The molecule has 1 heterocycles. The second kappa shape index (κ2) is 4.86. The number of carbonyl (C=O) groups is 1. The van der Waals surface area contributed by atoms with Crippen molar-refractivity contribution in [3.8, 4) is 5.75 Å². The summed E-state index contributed by atoms with van der Waals surface area (Å²) >= 11 is 0. The van der Waals surface area contributed by atoms with Crippen molar-refractivity contribution in [3.63, 3.8) is 0 Å². The van der Waals surface area contributed by atoms with Gasteiger partial charge in [0.15, 0.2) is 6.61 Å². The van der Waals surface area contributed by atoms with Gasteiger partial charge < -0.3 is 26.2 Å². The Balaban J connectivity index is 1.76. The fourth-order valence-electron chi connectivity index (χ4n) is 2.76. The van der Waals surface area contributed by atoms with Gasteiger partial charge in [-0.3, -0.25) is 4.79 Å². The third-order valence-corrected chi connectivity index (χ3v) is 3.93. The average molecular weight is 277 g/mol. The van der Waals surface area contributed by atoms with Gasteiger partial charge in [-0.05, 0) is 18.9 Å². The summed E-state index contributed by atoms with van der Waals surface area (Å²) in [5, 5.41) is 16.2. The van der Waals surface area contributed by atoms with Crippen molar-refractivity contribution in [2.75, 3.05) is 29.5 Å². The van der Waals surface area contributed by atoms with Crippen LogP contribution in [0, 0.1) is 0 Å². The summed E-state index contributed by atoms with van der Waals surface area (Å²) in [5.41, 5.74) is 7.17. The van der Waals surface area contributed by atoms with Crippen LogP contribution in [-0.4, -0.2) is 29.8 Å². The molecule has 2 aliphatic rings. The zero-order valence-electron chi connectivity index (χ0n) is 11.2. The second-order valence-corrected chi connectivity index (χ2v) is 5.56. The van der Waals surface area contributed by atoms with Crippen molar-refractivity contribution in [3.05, 3.63) is 12.1 Å². The van der Waals surface area contributed by atoms with Gasteiger partial charge in [0.2, 0.25) is 0 Å². The molecule has 108 valence electrons. The van der Waals surface area contributed by atoms with E-state index in [-0.39, 0.29) is 12.5 Å². The Morgan fingerprint density at radius 2 is 2.15 bits per heavy atom. The first-order valence-electron chi connectivity index (χ1n) is 6.88. The number of anilines is 3. The zero-order chi connectivity index (χ0) is 14.2. The molecule has 1 aromatic rings. The summed E-state index contributed by atoms with van der Waals surface area (Å²) in [6, 6.07) is 3.44. The maximum Gasteiger partial charge on any atom is 0.262 e. The van der Waals surface area contributed by atoms with Crippen LogP contribution in [0.25, 0.3) is 0 Å². The fraction of sp³-hybridized carbons (Fsp3) is 0.500. The zero-order valence-corrected chi connectivity index (χ0v) is 11.2. The molecule has 1 aromatic carbocycles. The van der Waals surface area contributed by atoms with Crippen molar-refractivity contribution in [1.29, 1.82) is 0 Å². The van der Waals surface area contributed by atoms with Crippen LogP contribution in [-0.2, 0) is 4.79 Å². The number of benzene rings is 1. The maximum atomic E-state index is 11.3. The van der Waals surface area contributed by atoms with Crippen LogP contribution in [0.5, 0.6) is 5.75 Å². The molecule has 1 amide bonds. The quantitative estimate of drug-likeness (QED) is 0.625. The number of nitrogens with one attached hydrogen (secondary N) is 2. The number of aliphatic hydroxyl groups is 1. The van der Waals surface area contributed by atoms with Crippen LogP contribution < -0.4 is 21.1 Å². The molecule has 0 atom stereocenters. The number of hydrogen-bond acceptors (Lipinski definition) is 5. The van der Waals surface area contributed by atoms with E-state index in [4.69, 9.17) is 10.5 Å². The van der Waals surface area contributed by atoms with Gasteiger partial charge in [0.1, 0.15) is 5.75 Å². The van der Waals surface area contributed by atoms with E-state index < -0.39 is 5.60 Å². The van der Waals surface area contributed by atoms with E-state index in [1.54, 1.807) is 12.1 Å². The highest BCUT2D eigenvalue weighted by molar-refractivity contribution is 5.97. The summed E-state index contributed by atoms with van der Waals surface area (Å²) in [7, 11) is 0. The second-order valence-electron chi connectivity index (χ2n) is 5.56. The van der Waals surface area contributed by atoms with Crippen molar-refractivity contribution in [1.82, 2.24) is 0 Å². The molecular formula is C14H19N3O3. The number of amides is 1. The number of carbonyl (C=O) groups excluding carboxylic acids is 1. The van der Waals surface area contributed by atoms with Gasteiger partial charge in [0.25, 0.3) is 5.91 Å². The van der Waals surface area contributed by atoms with Crippen molar-refractivity contribution < 1.29 is 14.6 Å². The minimum atomic E-state index is -0.651. The molecule has 20 heavy (non-hydrogen) atoms. The first-order chi connectivity index (χ1) is 9.56. The normalized spacial score (nSPS) is 19.9. The number of nitrogens with two attached hydrogens (primary N) is 1. The summed E-state index contributed by atoms with van der Waals surface area (Å²) in [6.45, 7) is 0.476. The number of ether oxygens (including phenoxy) is 1. The van der Waals surface area contributed by atoms with Crippen molar-refractivity contribution in [2.45, 2.75) is 31.3 Å². The Hall–Kier alpha value is -1.95. The third-order valence-electron chi connectivity index (χ3n) is 3.93. The summed E-state index contributed by atoms with van der Waals surface area (Å²) in [5.74, 6) is 0.398. The minimum absolute atomic E-state index is 0.0129. The molecule has 6 nitrogen and oxygen atoms in total. The summed E-state index contributed by atoms with van der Waals surface area (Å²) in [4.78, 5) is 11.3. The standard InChI is InChI=1S/C14H19N3O3/c15-9-5-12-11(17-13(18)7-20-12)6-10(9)16-8-14(19)3-1-2-4-14/h5-6,16,19H,1-4,7-8,15H2,(H,17,18). The average Bonchev–Trinajstić information content (AvgIpc) is 2.84. The SMILES string of the molecule is Nc1cc2c(cc1NCC1(O)CCCC1)NC(=O)CO2. The van der Waals surface area contributed by atoms with Crippen LogP contribution in [0.15, 0.2) is 12.1 Å². The number of nitrogen functional groups attached to an aromatic ring is 1. The molecule has 5 N–H and O–H groups in total. The predicted octanol–water partition coefficient (Wildman–Crippen LogP) is 1.32. The highest BCUT2D eigenvalue weighted by Gasteiger charge is 2.31. The summed E-state index contributed by atoms with van der Waals surface area (Å²) < 4.78 is 5.30. The lowest BCUT2D eigenvalue weighted by molar-refractivity contribution is -0.118. The van der Waals surface area contributed by atoms with Gasteiger partial charge in [-0.25, -0.2) is 0 Å². The topological polar surface area (TPSA) is 96.6 Å². The molecular weight excluding hydrogens is 258 g/mol. The predicted molar refractivity (Wildman–Crippen MR) is 76.9 cm³/mol. The number of hydrogen-bond donors (Lipinski definition) is 4. The first-order valence-corrected chi connectivity index (χ1v) is 6.88. The highest BCUT2D eigenvalue weighted by atomic mass is 16.5. The van der Waals surface area contributed by atoms with E-state index in [0.717, 1.165) is 25.7 Å². The molecule has 0 aromatic heterocycles. The van der Waals surface area contributed by atoms with Crippen LogP contribution in [0.2, 0.25) is 0 Å². The van der Waals surface area contributed by atoms with Crippen LogP contribution in [0.3, 0.4) is 0 Å². The lowest BCUT2D eigenvalue weighted by Gasteiger charge is -2.25. The molecule has 3 rings (SSSR count). The Bertz CT molecular complexity index is 539. The molecule has 6 heteroatoms. The van der Waals surface area contributed by atoms with E-state index in [0.29, 0.717) is 29.4 Å². The molecule has 1 fully saturated rings. The first kappa shape index (κ1) is 13.1. The number of fused-ring (bicyclic) bond motifs is 1. The van der Waals surface area contributed by atoms with Crippen molar-refractivity contribution in [2.24, 2.45) is 0 Å².